The fourth-order valence-electron chi connectivity index (χ4n) is 1.33. The second-order valence-electron chi connectivity index (χ2n) is 3.72. The molecule has 0 bridgehead atoms. The van der Waals surface area contributed by atoms with Gasteiger partial charge < -0.3 is 5.11 Å². The van der Waals surface area contributed by atoms with Crippen LogP contribution >= 0.6 is 34.7 Å². The van der Waals surface area contributed by atoms with E-state index in [-0.39, 0.29) is 0 Å². The van der Waals surface area contributed by atoms with Gasteiger partial charge in [0.05, 0.1) is 11.1 Å². The quantitative estimate of drug-likeness (QED) is 0.912. The van der Waals surface area contributed by atoms with Crippen LogP contribution in [0.3, 0.4) is 0 Å². The molecule has 1 aromatic heterocycles. The third-order valence-corrected chi connectivity index (χ3v) is 4.79. The van der Waals surface area contributed by atoms with Gasteiger partial charge in [-0.15, -0.1) is 11.3 Å². The summed E-state index contributed by atoms with van der Waals surface area (Å²) in [6, 6.07) is 5.61. The largest absolute Gasteiger partial charge is 0.389 e. The molecule has 0 amide bonds. The summed E-state index contributed by atoms with van der Waals surface area (Å²) in [6.07, 6.45) is -0.492. The van der Waals surface area contributed by atoms with E-state index in [1.54, 1.807) is 36.1 Å². The van der Waals surface area contributed by atoms with Gasteiger partial charge in [-0.3, -0.25) is 0 Å². The second kappa shape index (κ2) is 5.40. The zero-order chi connectivity index (χ0) is 12.4. The molecule has 0 aliphatic heterocycles. The first-order valence-corrected chi connectivity index (χ1v) is 7.21. The molecule has 0 aliphatic rings. The minimum Gasteiger partial charge on any atom is -0.389 e. The molecule has 2 nitrogen and oxygen atoms in total. The van der Waals surface area contributed by atoms with E-state index >= 15 is 0 Å². The van der Waals surface area contributed by atoms with Crippen LogP contribution in [0.1, 0.15) is 24.3 Å². The maximum absolute atomic E-state index is 9.46. The Morgan fingerprint density at radius 1 is 1.47 bits per heavy atom. The van der Waals surface area contributed by atoms with E-state index in [9.17, 15) is 5.11 Å². The molecule has 0 radical (unpaired) electrons. The highest BCUT2D eigenvalue weighted by Gasteiger charge is 2.08. The van der Waals surface area contributed by atoms with Gasteiger partial charge in [0.25, 0.3) is 0 Å². The number of aromatic nitrogens is 1. The van der Waals surface area contributed by atoms with Gasteiger partial charge in [0.1, 0.15) is 0 Å². The summed E-state index contributed by atoms with van der Waals surface area (Å²) in [7, 11) is 0. The van der Waals surface area contributed by atoms with Crippen LogP contribution in [0.25, 0.3) is 0 Å². The number of aliphatic hydroxyl groups is 1. The third-order valence-electron chi connectivity index (χ3n) is 2.23. The van der Waals surface area contributed by atoms with Crippen molar-refractivity contribution in [2.75, 3.05) is 0 Å². The SMILES string of the molecule is Cc1csc(Sc2ccc([C@H](C)O)cc2Cl)n1. The summed E-state index contributed by atoms with van der Waals surface area (Å²) >= 11 is 9.33. The monoisotopic (exact) mass is 285 g/mol. The zero-order valence-corrected chi connectivity index (χ0v) is 11.9. The van der Waals surface area contributed by atoms with E-state index < -0.39 is 6.10 Å². The van der Waals surface area contributed by atoms with Gasteiger partial charge in [-0.1, -0.05) is 29.4 Å². The average Bonchev–Trinajstić information content (AvgIpc) is 2.67. The Hall–Kier alpha value is -0.550. The maximum Gasteiger partial charge on any atom is 0.154 e. The maximum atomic E-state index is 9.46. The van der Waals surface area contributed by atoms with E-state index in [1.165, 1.54) is 0 Å². The van der Waals surface area contributed by atoms with Crippen molar-refractivity contribution < 1.29 is 5.11 Å². The lowest BCUT2D eigenvalue weighted by Crippen LogP contribution is -1.90. The fourth-order valence-corrected chi connectivity index (χ4v) is 3.43. The Balaban J connectivity index is 2.22. The predicted molar refractivity (Wildman–Crippen MR) is 73.1 cm³/mol. The fraction of sp³-hybridized carbons (Fsp3) is 0.250. The van der Waals surface area contributed by atoms with E-state index in [0.29, 0.717) is 5.02 Å². The Morgan fingerprint density at radius 2 is 2.24 bits per heavy atom. The van der Waals surface area contributed by atoms with Crippen molar-refractivity contribution >= 4 is 34.7 Å². The number of thiazole rings is 1. The third kappa shape index (κ3) is 3.22. The highest BCUT2D eigenvalue weighted by molar-refractivity contribution is 8.01. The lowest BCUT2D eigenvalue weighted by molar-refractivity contribution is 0.199. The molecule has 0 spiro atoms. The standard InChI is InChI=1S/C12H12ClNOS2/c1-7-6-16-12(14-7)17-11-4-3-9(8(2)15)5-10(11)13/h3-6,8,15H,1-2H3/t8-/m0/s1. The van der Waals surface area contributed by atoms with Gasteiger partial charge >= 0.3 is 0 Å². The summed E-state index contributed by atoms with van der Waals surface area (Å²) in [6.45, 7) is 3.70. The molecule has 2 aromatic rings. The molecular formula is C12H12ClNOS2. The summed E-state index contributed by atoms with van der Waals surface area (Å²) in [5.41, 5.74) is 1.85. The highest BCUT2D eigenvalue weighted by Crippen LogP contribution is 2.36. The molecule has 0 unspecified atom stereocenters. The second-order valence-corrected chi connectivity index (χ2v) is 6.28. The molecular weight excluding hydrogens is 274 g/mol. The molecule has 0 fully saturated rings. The number of nitrogens with zero attached hydrogens (tertiary/aromatic N) is 1. The zero-order valence-electron chi connectivity index (χ0n) is 9.48. The first-order valence-electron chi connectivity index (χ1n) is 5.14. The van der Waals surface area contributed by atoms with Gasteiger partial charge in [-0.25, -0.2) is 4.98 Å². The minimum absolute atomic E-state index is 0.492. The Bertz CT molecular complexity index is 525. The molecule has 0 saturated carbocycles. The lowest BCUT2D eigenvalue weighted by atomic mass is 10.1. The van der Waals surface area contributed by atoms with Crippen molar-refractivity contribution in [1.82, 2.24) is 4.98 Å². The van der Waals surface area contributed by atoms with Crippen LogP contribution in [-0.4, -0.2) is 10.1 Å². The highest BCUT2D eigenvalue weighted by atomic mass is 35.5. The lowest BCUT2D eigenvalue weighted by Gasteiger charge is -2.07. The molecule has 0 aliphatic carbocycles. The predicted octanol–water partition coefficient (Wildman–Crippen LogP) is 4.31. The van der Waals surface area contributed by atoms with Gasteiger partial charge in [-0.2, -0.15) is 0 Å². The van der Waals surface area contributed by atoms with Crippen molar-refractivity contribution in [1.29, 1.82) is 0 Å². The van der Waals surface area contributed by atoms with Crippen LogP contribution in [0.4, 0.5) is 0 Å². The van der Waals surface area contributed by atoms with Crippen LogP contribution in [-0.2, 0) is 0 Å². The van der Waals surface area contributed by atoms with Crippen molar-refractivity contribution in [2.45, 2.75) is 29.2 Å². The van der Waals surface area contributed by atoms with Crippen LogP contribution in [0.2, 0.25) is 5.02 Å². The summed E-state index contributed by atoms with van der Waals surface area (Å²) in [5.74, 6) is 0. The van der Waals surface area contributed by atoms with E-state index in [4.69, 9.17) is 11.6 Å². The molecule has 1 heterocycles. The van der Waals surface area contributed by atoms with Crippen molar-refractivity contribution in [3.63, 3.8) is 0 Å². The first kappa shape index (κ1) is 12.9. The summed E-state index contributed by atoms with van der Waals surface area (Å²) in [4.78, 5) is 5.34. The molecule has 0 saturated heterocycles. The Labute approximate surface area is 114 Å². The van der Waals surface area contributed by atoms with Gasteiger partial charge in [0.15, 0.2) is 4.34 Å². The molecule has 90 valence electrons. The van der Waals surface area contributed by atoms with E-state index in [0.717, 1.165) is 20.5 Å². The first-order chi connectivity index (χ1) is 8.06. The van der Waals surface area contributed by atoms with Crippen LogP contribution in [0.15, 0.2) is 32.8 Å². The van der Waals surface area contributed by atoms with E-state index in [1.807, 2.05) is 24.4 Å². The molecule has 1 N–H and O–H groups in total. The molecule has 2 rings (SSSR count). The number of hydrogen-bond acceptors (Lipinski definition) is 4. The van der Waals surface area contributed by atoms with Crippen molar-refractivity contribution in [2.24, 2.45) is 0 Å². The molecule has 17 heavy (non-hydrogen) atoms. The van der Waals surface area contributed by atoms with Gasteiger partial charge in [0, 0.05) is 16.0 Å². The Morgan fingerprint density at radius 3 is 2.76 bits per heavy atom. The normalized spacial score (nSPS) is 12.7. The van der Waals surface area contributed by atoms with Gasteiger partial charge in [0.2, 0.25) is 0 Å². The molecule has 1 aromatic carbocycles. The number of benzene rings is 1. The van der Waals surface area contributed by atoms with Crippen LogP contribution in [0, 0.1) is 6.92 Å². The summed E-state index contributed by atoms with van der Waals surface area (Å²) < 4.78 is 0.981. The van der Waals surface area contributed by atoms with Crippen molar-refractivity contribution in [3.8, 4) is 0 Å². The topological polar surface area (TPSA) is 33.1 Å². The number of aliphatic hydroxyl groups excluding tert-OH is 1. The number of hydrogen-bond donors (Lipinski definition) is 1. The summed E-state index contributed by atoms with van der Waals surface area (Å²) in [5, 5.41) is 12.1. The minimum atomic E-state index is -0.492. The van der Waals surface area contributed by atoms with Crippen LogP contribution in [0.5, 0.6) is 0 Å². The van der Waals surface area contributed by atoms with Gasteiger partial charge in [-0.05, 0) is 31.5 Å². The Kier molecular flexibility index (Phi) is 4.09. The smallest absolute Gasteiger partial charge is 0.154 e. The number of halogens is 1. The number of rotatable bonds is 3. The van der Waals surface area contributed by atoms with E-state index in [2.05, 4.69) is 4.98 Å². The van der Waals surface area contributed by atoms with Crippen LogP contribution < -0.4 is 0 Å². The molecule has 5 heteroatoms. The van der Waals surface area contributed by atoms with Crippen molar-refractivity contribution in [3.05, 3.63) is 39.9 Å². The molecule has 1 atom stereocenters. The average molecular weight is 286 g/mol. The number of aryl methyl sites for hydroxylation is 1.